The third-order valence-corrected chi connectivity index (χ3v) is 6.46. The van der Waals surface area contributed by atoms with Crippen LogP contribution in [0, 0.1) is 12.8 Å². The highest BCUT2D eigenvalue weighted by Gasteiger charge is 2.39. The lowest BCUT2D eigenvalue weighted by molar-refractivity contribution is 0.0749. The van der Waals surface area contributed by atoms with Gasteiger partial charge in [0.15, 0.2) is 5.82 Å². The Balaban J connectivity index is 1.51. The molecular formula is C22H31N5O. The molecule has 6 nitrogen and oxygen atoms in total. The van der Waals surface area contributed by atoms with Crippen molar-refractivity contribution in [1.82, 2.24) is 24.8 Å². The zero-order valence-corrected chi connectivity index (χ0v) is 17.0. The maximum atomic E-state index is 13.0. The highest BCUT2D eigenvalue weighted by atomic mass is 16.1. The van der Waals surface area contributed by atoms with Crippen molar-refractivity contribution in [3.05, 3.63) is 47.8 Å². The first-order valence-corrected chi connectivity index (χ1v) is 10.5. The minimum atomic E-state index is 0.0413. The van der Waals surface area contributed by atoms with E-state index in [0.717, 1.165) is 58.4 Å². The number of carbonyl (C=O) groups excluding carboxylic acids is 1. The number of aromatic nitrogens is 3. The molecule has 4 rings (SSSR count). The van der Waals surface area contributed by atoms with Crippen LogP contribution in [0.25, 0.3) is 0 Å². The quantitative estimate of drug-likeness (QED) is 0.806. The van der Waals surface area contributed by atoms with Crippen LogP contribution >= 0.6 is 0 Å². The van der Waals surface area contributed by atoms with Crippen molar-refractivity contribution < 1.29 is 4.79 Å². The Bertz CT molecular complexity index is 807. The molecule has 6 heteroatoms. The van der Waals surface area contributed by atoms with E-state index in [1.165, 1.54) is 11.3 Å². The predicted molar refractivity (Wildman–Crippen MR) is 109 cm³/mol. The summed E-state index contributed by atoms with van der Waals surface area (Å²) in [7, 11) is 1.90. The van der Waals surface area contributed by atoms with Crippen molar-refractivity contribution in [1.29, 1.82) is 0 Å². The van der Waals surface area contributed by atoms with Gasteiger partial charge >= 0.3 is 0 Å². The van der Waals surface area contributed by atoms with Gasteiger partial charge < -0.3 is 14.8 Å². The number of hydrogen-bond acceptors (Lipinski definition) is 5. The van der Waals surface area contributed by atoms with E-state index in [1.807, 2.05) is 24.0 Å². The van der Waals surface area contributed by atoms with E-state index in [1.54, 1.807) is 6.20 Å². The zero-order chi connectivity index (χ0) is 19.6. The third-order valence-electron chi connectivity index (χ3n) is 6.46. The number of carbonyl (C=O) groups is 1. The number of likely N-dealkylation sites (tertiary alicyclic amines) is 1. The van der Waals surface area contributed by atoms with Crippen molar-refractivity contribution >= 4 is 5.78 Å². The molecule has 2 aromatic rings. The van der Waals surface area contributed by atoms with Gasteiger partial charge in [0.2, 0.25) is 5.78 Å². The topological polar surface area (TPSA) is 63.1 Å². The van der Waals surface area contributed by atoms with Gasteiger partial charge in [-0.1, -0.05) is 6.07 Å². The van der Waals surface area contributed by atoms with Gasteiger partial charge in [-0.3, -0.25) is 9.78 Å². The second-order valence-electron chi connectivity index (χ2n) is 8.55. The highest BCUT2D eigenvalue weighted by Crippen LogP contribution is 2.35. The Labute approximate surface area is 167 Å². The van der Waals surface area contributed by atoms with Gasteiger partial charge in [0.1, 0.15) is 0 Å². The fourth-order valence-corrected chi connectivity index (χ4v) is 4.81. The monoisotopic (exact) mass is 381 g/mol. The first-order valence-electron chi connectivity index (χ1n) is 10.5. The largest absolute Gasteiger partial charge is 0.332 e. The summed E-state index contributed by atoms with van der Waals surface area (Å²) in [6, 6.07) is 4.39. The predicted octanol–water partition coefficient (Wildman–Crippen LogP) is 2.34. The summed E-state index contributed by atoms with van der Waals surface area (Å²) in [5.74, 6) is 0.813. The van der Waals surface area contributed by atoms with Crippen molar-refractivity contribution in [2.45, 2.75) is 38.0 Å². The lowest BCUT2D eigenvalue weighted by atomic mass is 9.74. The Morgan fingerprint density at radius 1 is 1.29 bits per heavy atom. The van der Waals surface area contributed by atoms with E-state index >= 15 is 0 Å². The first-order chi connectivity index (χ1) is 13.6. The van der Waals surface area contributed by atoms with Crippen LogP contribution in [-0.4, -0.2) is 57.9 Å². The van der Waals surface area contributed by atoms with Gasteiger partial charge in [-0.05, 0) is 63.9 Å². The van der Waals surface area contributed by atoms with E-state index in [2.05, 4.69) is 34.3 Å². The van der Waals surface area contributed by atoms with Gasteiger partial charge in [-0.2, -0.15) is 0 Å². The molecule has 0 saturated carbocycles. The maximum Gasteiger partial charge on any atom is 0.202 e. The molecule has 2 saturated heterocycles. The lowest BCUT2D eigenvalue weighted by Gasteiger charge is -2.43. The molecule has 1 unspecified atom stereocenters. The normalized spacial score (nSPS) is 22.9. The number of ketones is 1. The molecule has 2 aliphatic heterocycles. The minimum Gasteiger partial charge on any atom is -0.332 e. The van der Waals surface area contributed by atoms with E-state index < -0.39 is 0 Å². The Morgan fingerprint density at radius 2 is 2.11 bits per heavy atom. The molecule has 0 spiro atoms. The number of nitrogens with zero attached hydrogens (tertiary/aromatic N) is 4. The van der Waals surface area contributed by atoms with Crippen LogP contribution in [0.15, 0.2) is 30.7 Å². The van der Waals surface area contributed by atoms with Crippen LogP contribution in [0.2, 0.25) is 0 Å². The SMILES string of the molecule is Cc1ccc(C2(CN3CCCC(C(=O)c4nccn4C)C3)CCNCC2)nc1. The second-order valence-corrected chi connectivity index (χ2v) is 8.55. The molecule has 2 aliphatic rings. The number of piperidine rings is 2. The van der Waals surface area contributed by atoms with Crippen LogP contribution in [0.4, 0.5) is 0 Å². The number of imidazole rings is 1. The average Bonchev–Trinajstić information content (AvgIpc) is 3.14. The lowest BCUT2D eigenvalue weighted by Crippen LogP contribution is -2.51. The van der Waals surface area contributed by atoms with Crippen LogP contribution in [-0.2, 0) is 12.5 Å². The van der Waals surface area contributed by atoms with Crippen LogP contribution < -0.4 is 5.32 Å². The number of nitrogens with one attached hydrogen (secondary N) is 1. The number of aryl methyl sites for hydroxylation is 2. The average molecular weight is 382 g/mol. The fraction of sp³-hybridized carbons (Fsp3) is 0.591. The fourth-order valence-electron chi connectivity index (χ4n) is 4.81. The summed E-state index contributed by atoms with van der Waals surface area (Å²) in [6.07, 6.45) is 9.76. The summed E-state index contributed by atoms with van der Waals surface area (Å²) in [5.41, 5.74) is 2.48. The minimum absolute atomic E-state index is 0.0413. The van der Waals surface area contributed by atoms with Gasteiger partial charge in [0, 0.05) is 55.8 Å². The molecule has 1 N–H and O–H groups in total. The zero-order valence-electron chi connectivity index (χ0n) is 17.0. The van der Waals surface area contributed by atoms with Gasteiger partial charge in [-0.25, -0.2) is 4.98 Å². The van der Waals surface area contributed by atoms with Crippen LogP contribution in [0.3, 0.4) is 0 Å². The second kappa shape index (κ2) is 8.13. The maximum absolute atomic E-state index is 13.0. The number of pyridine rings is 1. The van der Waals surface area contributed by atoms with Gasteiger partial charge in [0.05, 0.1) is 0 Å². The molecule has 0 amide bonds. The first kappa shape index (κ1) is 19.3. The van der Waals surface area contributed by atoms with E-state index in [4.69, 9.17) is 4.98 Å². The Hall–Kier alpha value is -2.05. The molecule has 150 valence electrons. The molecular weight excluding hydrogens is 350 g/mol. The van der Waals surface area contributed by atoms with Crippen molar-refractivity contribution in [2.24, 2.45) is 13.0 Å². The molecule has 0 radical (unpaired) electrons. The molecule has 1 atom stereocenters. The number of Topliss-reactive ketones (excluding diaryl/α,β-unsaturated/α-hetero) is 1. The third kappa shape index (κ3) is 3.89. The van der Waals surface area contributed by atoms with Crippen LogP contribution in [0.5, 0.6) is 0 Å². The van der Waals surface area contributed by atoms with Crippen LogP contribution in [0.1, 0.15) is 47.6 Å². The van der Waals surface area contributed by atoms with Gasteiger partial charge in [0.25, 0.3) is 0 Å². The summed E-state index contributed by atoms with van der Waals surface area (Å²) in [4.78, 5) is 24.6. The van der Waals surface area contributed by atoms with Crippen molar-refractivity contribution in [3.63, 3.8) is 0 Å². The van der Waals surface area contributed by atoms with E-state index in [9.17, 15) is 4.79 Å². The molecule has 0 aromatic carbocycles. The van der Waals surface area contributed by atoms with Crippen molar-refractivity contribution in [3.8, 4) is 0 Å². The molecule has 2 aromatic heterocycles. The standard InChI is InChI=1S/C22H31N5O/c1-17-5-6-19(25-14-17)22(7-9-23-10-8-22)16-27-12-3-4-18(15-27)20(28)21-24-11-13-26(21)2/h5-6,11,13-14,18,23H,3-4,7-10,12,15-16H2,1-2H3. The van der Waals surface area contributed by atoms with Crippen molar-refractivity contribution in [2.75, 3.05) is 32.7 Å². The Morgan fingerprint density at radius 3 is 2.79 bits per heavy atom. The molecule has 28 heavy (non-hydrogen) atoms. The van der Waals surface area contributed by atoms with E-state index in [-0.39, 0.29) is 17.1 Å². The number of rotatable bonds is 5. The summed E-state index contributed by atoms with van der Waals surface area (Å²) in [5, 5.41) is 3.50. The summed E-state index contributed by atoms with van der Waals surface area (Å²) >= 11 is 0. The van der Waals surface area contributed by atoms with Gasteiger partial charge in [-0.15, -0.1) is 0 Å². The van der Waals surface area contributed by atoms with E-state index in [0.29, 0.717) is 5.82 Å². The molecule has 0 bridgehead atoms. The number of hydrogen-bond donors (Lipinski definition) is 1. The summed E-state index contributed by atoms with van der Waals surface area (Å²) in [6.45, 7) is 7.01. The Kier molecular flexibility index (Phi) is 5.60. The summed E-state index contributed by atoms with van der Waals surface area (Å²) < 4.78 is 1.84. The molecule has 2 fully saturated rings. The molecule has 4 heterocycles. The smallest absolute Gasteiger partial charge is 0.202 e. The molecule has 0 aliphatic carbocycles. The highest BCUT2D eigenvalue weighted by molar-refractivity contribution is 5.94.